The Labute approximate surface area is 129 Å². The average molecular weight is 326 g/mol. The van der Waals surface area contributed by atoms with Gasteiger partial charge in [-0.25, -0.2) is 8.78 Å². The molecule has 7 heteroatoms. The van der Waals surface area contributed by atoms with Crippen LogP contribution in [0.15, 0.2) is 46.6 Å². The van der Waals surface area contributed by atoms with Gasteiger partial charge in [0.05, 0.1) is 12.4 Å². The van der Waals surface area contributed by atoms with Gasteiger partial charge < -0.3 is 0 Å². The van der Waals surface area contributed by atoms with Gasteiger partial charge in [0, 0.05) is 5.56 Å². The van der Waals surface area contributed by atoms with Gasteiger partial charge in [0.15, 0.2) is 0 Å². The predicted molar refractivity (Wildman–Crippen MR) is 77.7 cm³/mol. The first-order valence-electron chi connectivity index (χ1n) is 6.46. The van der Waals surface area contributed by atoms with E-state index in [1.165, 1.54) is 6.21 Å². The number of benzene rings is 2. The molecule has 0 heterocycles. The molecule has 2 nitrogen and oxygen atoms in total. The van der Waals surface area contributed by atoms with Crippen LogP contribution in [0.3, 0.4) is 0 Å². The van der Waals surface area contributed by atoms with E-state index < -0.39 is 23.4 Å². The summed E-state index contributed by atoms with van der Waals surface area (Å²) in [5.74, 6) is -3.39. The minimum absolute atomic E-state index is 0.158. The van der Waals surface area contributed by atoms with Gasteiger partial charge in [-0.05, 0) is 24.6 Å². The molecule has 0 radical (unpaired) electrons. The Morgan fingerprint density at radius 1 is 0.826 bits per heavy atom. The highest BCUT2D eigenvalue weighted by atomic mass is 19.4. The number of hydrogen-bond acceptors (Lipinski definition) is 2. The minimum atomic E-state index is -5.09. The Morgan fingerprint density at radius 3 is 1.78 bits per heavy atom. The Bertz CT molecular complexity index is 723. The van der Waals surface area contributed by atoms with Gasteiger partial charge in [-0.15, -0.1) is 0 Å². The van der Waals surface area contributed by atoms with Crippen LogP contribution in [-0.2, 0) is 6.18 Å². The normalized spacial score (nSPS) is 12.4. The lowest BCUT2D eigenvalue weighted by atomic mass is 10.1. The number of aryl methyl sites for hydroxylation is 1. The van der Waals surface area contributed by atoms with Crippen LogP contribution < -0.4 is 0 Å². The third-order valence-electron chi connectivity index (χ3n) is 2.91. The number of nitrogens with zero attached hydrogens (tertiary/aromatic N) is 2. The van der Waals surface area contributed by atoms with E-state index in [0.717, 1.165) is 17.3 Å². The first kappa shape index (κ1) is 16.8. The Hall–Kier alpha value is -2.57. The molecule has 0 spiro atoms. The molecule has 0 saturated heterocycles. The second kappa shape index (κ2) is 6.68. The molecule has 0 aliphatic carbocycles. The van der Waals surface area contributed by atoms with E-state index in [-0.39, 0.29) is 5.56 Å². The standard InChI is InChI=1S/C16H11F5N2/c1-10-2-4-11(5-3-10)8-22-23-9-12-6-13(17)15(14(18)7-12)16(19,20)21/h2-9H,1H3. The van der Waals surface area contributed by atoms with Crippen LogP contribution in [0.4, 0.5) is 22.0 Å². The topological polar surface area (TPSA) is 24.7 Å². The van der Waals surface area contributed by atoms with E-state index in [9.17, 15) is 22.0 Å². The first-order chi connectivity index (χ1) is 10.8. The summed E-state index contributed by atoms with van der Waals surface area (Å²) in [6.07, 6.45) is -2.71. The van der Waals surface area contributed by atoms with Crippen molar-refractivity contribution in [3.05, 3.63) is 70.3 Å². The summed E-state index contributed by atoms with van der Waals surface area (Å²) in [7, 11) is 0. The number of rotatable bonds is 3. The summed E-state index contributed by atoms with van der Waals surface area (Å²) in [6.45, 7) is 1.92. The second-order valence-electron chi connectivity index (χ2n) is 4.76. The van der Waals surface area contributed by atoms with Gasteiger partial charge in [0.1, 0.15) is 17.2 Å². The maximum Gasteiger partial charge on any atom is 0.422 e. The molecule has 0 aromatic heterocycles. The maximum absolute atomic E-state index is 13.4. The van der Waals surface area contributed by atoms with E-state index in [1.807, 2.05) is 19.1 Å². The van der Waals surface area contributed by atoms with Crippen molar-refractivity contribution in [2.45, 2.75) is 13.1 Å². The number of halogens is 5. The fourth-order valence-corrected chi connectivity index (χ4v) is 1.79. The van der Waals surface area contributed by atoms with E-state index >= 15 is 0 Å². The van der Waals surface area contributed by atoms with E-state index in [0.29, 0.717) is 12.1 Å². The Kier molecular flexibility index (Phi) is 4.88. The summed E-state index contributed by atoms with van der Waals surface area (Å²) < 4.78 is 64.0. The van der Waals surface area contributed by atoms with Gasteiger partial charge in [-0.1, -0.05) is 29.8 Å². The van der Waals surface area contributed by atoms with Gasteiger partial charge in [-0.3, -0.25) is 0 Å². The molecule has 0 aliphatic rings. The van der Waals surface area contributed by atoms with Crippen molar-refractivity contribution in [1.82, 2.24) is 0 Å². The summed E-state index contributed by atoms with van der Waals surface area (Å²) in [4.78, 5) is 0. The molecular formula is C16H11F5N2. The van der Waals surface area contributed by atoms with Crippen LogP contribution >= 0.6 is 0 Å². The van der Waals surface area contributed by atoms with Crippen LogP contribution in [0.5, 0.6) is 0 Å². The van der Waals surface area contributed by atoms with Crippen molar-refractivity contribution in [1.29, 1.82) is 0 Å². The fourth-order valence-electron chi connectivity index (χ4n) is 1.79. The van der Waals surface area contributed by atoms with Gasteiger partial charge in [0.25, 0.3) is 0 Å². The van der Waals surface area contributed by atoms with Crippen LogP contribution in [0.2, 0.25) is 0 Å². The van der Waals surface area contributed by atoms with Crippen molar-refractivity contribution in [3.8, 4) is 0 Å². The Balaban J connectivity index is 2.16. The largest absolute Gasteiger partial charge is 0.422 e. The zero-order chi connectivity index (χ0) is 17.0. The molecule has 0 bridgehead atoms. The first-order valence-corrected chi connectivity index (χ1v) is 6.46. The summed E-state index contributed by atoms with van der Waals surface area (Å²) in [6, 6.07) is 8.43. The van der Waals surface area contributed by atoms with Crippen LogP contribution in [0.1, 0.15) is 22.3 Å². The van der Waals surface area contributed by atoms with E-state index in [2.05, 4.69) is 10.2 Å². The van der Waals surface area contributed by atoms with Crippen LogP contribution in [0.25, 0.3) is 0 Å². The molecular weight excluding hydrogens is 315 g/mol. The molecule has 23 heavy (non-hydrogen) atoms. The average Bonchev–Trinajstić information content (AvgIpc) is 2.43. The second-order valence-corrected chi connectivity index (χ2v) is 4.76. The molecule has 0 aliphatic heterocycles. The highest BCUT2D eigenvalue weighted by Crippen LogP contribution is 2.33. The quantitative estimate of drug-likeness (QED) is 0.442. The molecule has 0 amide bonds. The van der Waals surface area contributed by atoms with Crippen molar-refractivity contribution >= 4 is 12.4 Å². The van der Waals surface area contributed by atoms with E-state index in [4.69, 9.17) is 0 Å². The van der Waals surface area contributed by atoms with Crippen LogP contribution in [-0.4, -0.2) is 12.4 Å². The highest BCUT2D eigenvalue weighted by Gasteiger charge is 2.37. The van der Waals surface area contributed by atoms with E-state index in [1.54, 1.807) is 12.1 Å². The van der Waals surface area contributed by atoms with Gasteiger partial charge >= 0.3 is 6.18 Å². The number of hydrogen-bond donors (Lipinski definition) is 0. The smallest absolute Gasteiger partial charge is 0.206 e. The molecule has 0 N–H and O–H groups in total. The lowest BCUT2D eigenvalue weighted by molar-refractivity contribution is -0.142. The lowest BCUT2D eigenvalue weighted by Crippen LogP contribution is -2.11. The van der Waals surface area contributed by atoms with Gasteiger partial charge in [0.2, 0.25) is 0 Å². The fraction of sp³-hybridized carbons (Fsp3) is 0.125. The zero-order valence-electron chi connectivity index (χ0n) is 11.9. The maximum atomic E-state index is 13.4. The molecule has 0 unspecified atom stereocenters. The van der Waals surface area contributed by atoms with Crippen molar-refractivity contribution in [2.24, 2.45) is 10.2 Å². The minimum Gasteiger partial charge on any atom is -0.206 e. The van der Waals surface area contributed by atoms with Gasteiger partial charge in [-0.2, -0.15) is 23.4 Å². The molecule has 2 aromatic rings. The summed E-state index contributed by atoms with van der Waals surface area (Å²) >= 11 is 0. The predicted octanol–water partition coefficient (Wildman–Crippen LogP) is 4.75. The molecule has 120 valence electrons. The Morgan fingerprint density at radius 2 is 1.30 bits per heavy atom. The van der Waals surface area contributed by atoms with Crippen molar-refractivity contribution < 1.29 is 22.0 Å². The molecule has 0 atom stereocenters. The third-order valence-corrected chi connectivity index (χ3v) is 2.91. The third kappa shape index (κ3) is 4.45. The zero-order valence-corrected chi connectivity index (χ0v) is 11.9. The van der Waals surface area contributed by atoms with Crippen molar-refractivity contribution in [3.63, 3.8) is 0 Å². The van der Waals surface area contributed by atoms with Crippen LogP contribution in [0, 0.1) is 18.6 Å². The molecule has 0 fully saturated rings. The van der Waals surface area contributed by atoms with Crippen molar-refractivity contribution in [2.75, 3.05) is 0 Å². The number of alkyl halides is 3. The summed E-state index contributed by atoms with van der Waals surface area (Å²) in [5.41, 5.74) is -0.245. The SMILES string of the molecule is Cc1ccc(C=NN=Cc2cc(F)c(C(F)(F)F)c(F)c2)cc1. The summed E-state index contributed by atoms with van der Waals surface area (Å²) in [5, 5.41) is 7.24. The molecule has 2 rings (SSSR count). The molecule has 0 saturated carbocycles. The molecule has 2 aromatic carbocycles. The highest BCUT2D eigenvalue weighted by molar-refractivity contribution is 5.82. The lowest BCUT2D eigenvalue weighted by Gasteiger charge is -2.09. The monoisotopic (exact) mass is 326 g/mol.